The lowest BCUT2D eigenvalue weighted by molar-refractivity contribution is -0.117. The number of hydrogen-bond donors (Lipinski definition) is 2. The number of carbonyl (C=O) groups is 1. The Kier molecular flexibility index (Phi) is 5.17. The van der Waals surface area contributed by atoms with E-state index in [0.29, 0.717) is 11.4 Å². The second-order valence-electron chi connectivity index (χ2n) is 4.21. The van der Waals surface area contributed by atoms with Crippen LogP contribution in [0.3, 0.4) is 0 Å². The number of anilines is 1. The van der Waals surface area contributed by atoms with Crippen molar-refractivity contribution in [2.75, 3.05) is 5.32 Å². The quantitative estimate of drug-likeness (QED) is 0.655. The highest BCUT2D eigenvalue weighted by Gasteiger charge is 2.09. The molecule has 2 aromatic rings. The van der Waals surface area contributed by atoms with Crippen LogP contribution < -0.4 is 10.6 Å². The van der Waals surface area contributed by atoms with Gasteiger partial charge in [0.05, 0.1) is 17.8 Å². The molecule has 22 heavy (non-hydrogen) atoms. The van der Waals surface area contributed by atoms with E-state index in [0.717, 1.165) is 0 Å². The van der Waals surface area contributed by atoms with Crippen molar-refractivity contribution < 1.29 is 13.6 Å². The summed E-state index contributed by atoms with van der Waals surface area (Å²) in [5.74, 6) is -0.531. The molecule has 5 nitrogen and oxygen atoms in total. The van der Waals surface area contributed by atoms with E-state index in [1.165, 1.54) is 30.7 Å². The summed E-state index contributed by atoms with van der Waals surface area (Å²) < 4.78 is 18.1. The molecule has 0 aliphatic heterocycles. The molecule has 7 heteroatoms. The van der Waals surface area contributed by atoms with E-state index in [9.17, 15) is 9.18 Å². The van der Waals surface area contributed by atoms with Crippen molar-refractivity contribution in [2.45, 2.75) is 6.54 Å². The summed E-state index contributed by atoms with van der Waals surface area (Å²) in [5.41, 5.74) is 0.324. The van der Waals surface area contributed by atoms with Crippen LogP contribution >= 0.6 is 11.6 Å². The summed E-state index contributed by atoms with van der Waals surface area (Å²) in [6.45, 7) is 0.174. The highest BCUT2D eigenvalue weighted by molar-refractivity contribution is 6.31. The first-order chi connectivity index (χ1) is 10.6. The van der Waals surface area contributed by atoms with Gasteiger partial charge in [-0.15, -0.1) is 0 Å². The summed E-state index contributed by atoms with van der Waals surface area (Å²) in [4.78, 5) is 11.8. The van der Waals surface area contributed by atoms with Crippen LogP contribution in [0.2, 0.25) is 5.02 Å². The van der Waals surface area contributed by atoms with Crippen LogP contribution in [-0.2, 0) is 11.3 Å². The van der Waals surface area contributed by atoms with Gasteiger partial charge in [0, 0.05) is 11.9 Å². The zero-order valence-corrected chi connectivity index (χ0v) is 12.0. The third-order valence-electron chi connectivity index (χ3n) is 2.67. The average Bonchev–Trinajstić information content (AvgIpc) is 3.02. The molecule has 0 saturated heterocycles. The monoisotopic (exact) mass is 319 g/mol. The summed E-state index contributed by atoms with van der Waals surface area (Å²) in [6, 6.07) is 9.15. The molecule has 0 unspecified atom stereocenters. The van der Waals surface area contributed by atoms with Crippen LogP contribution in [0.1, 0.15) is 5.76 Å². The zero-order chi connectivity index (χ0) is 15.9. The highest BCUT2D eigenvalue weighted by atomic mass is 35.5. The van der Waals surface area contributed by atoms with Crippen molar-refractivity contribution in [3.8, 4) is 6.07 Å². The number of benzene rings is 1. The van der Waals surface area contributed by atoms with Crippen molar-refractivity contribution in [3.63, 3.8) is 0 Å². The molecule has 0 aliphatic carbocycles. The highest BCUT2D eigenvalue weighted by Crippen LogP contribution is 2.19. The van der Waals surface area contributed by atoms with Crippen molar-refractivity contribution in [3.05, 3.63) is 65.0 Å². The van der Waals surface area contributed by atoms with Crippen molar-refractivity contribution in [2.24, 2.45) is 0 Å². The molecule has 0 fully saturated rings. The van der Waals surface area contributed by atoms with E-state index in [-0.39, 0.29) is 17.1 Å². The number of amides is 1. The minimum atomic E-state index is -0.556. The van der Waals surface area contributed by atoms with E-state index in [4.69, 9.17) is 21.3 Å². The van der Waals surface area contributed by atoms with Gasteiger partial charge in [-0.05, 0) is 30.3 Å². The molecule has 112 valence electrons. The molecule has 1 aromatic heterocycles. The Morgan fingerprint density at radius 3 is 2.91 bits per heavy atom. The average molecular weight is 320 g/mol. The Hall–Kier alpha value is -2.78. The number of halogens is 2. The Balaban J connectivity index is 1.99. The van der Waals surface area contributed by atoms with Gasteiger partial charge in [0.15, 0.2) is 0 Å². The van der Waals surface area contributed by atoms with Gasteiger partial charge in [0.25, 0.3) is 5.91 Å². The number of furan rings is 1. The van der Waals surface area contributed by atoms with E-state index in [1.54, 1.807) is 18.2 Å². The van der Waals surface area contributed by atoms with Gasteiger partial charge in [-0.2, -0.15) is 5.26 Å². The second-order valence-corrected chi connectivity index (χ2v) is 4.61. The normalized spacial score (nSPS) is 10.9. The minimum absolute atomic E-state index is 0.0563. The lowest BCUT2D eigenvalue weighted by atomic mass is 10.2. The van der Waals surface area contributed by atoms with Crippen LogP contribution in [0.25, 0.3) is 0 Å². The molecule has 1 amide bonds. The van der Waals surface area contributed by atoms with Crippen molar-refractivity contribution in [1.82, 2.24) is 5.32 Å². The molecule has 0 bridgehead atoms. The fourth-order valence-electron chi connectivity index (χ4n) is 1.57. The molecule has 0 aliphatic rings. The van der Waals surface area contributed by atoms with Gasteiger partial charge in [0.1, 0.15) is 23.2 Å². The fraction of sp³-hybridized carbons (Fsp3) is 0.0667. The number of nitrogens with one attached hydrogen (secondary N) is 2. The molecule has 0 atom stereocenters. The molecule has 0 radical (unpaired) electrons. The van der Waals surface area contributed by atoms with E-state index >= 15 is 0 Å². The standard InChI is InChI=1S/C15H11ClFN3O2/c16-13-6-11(3-4-14(13)17)19-8-10(7-18)15(21)20-9-12-2-1-5-22-12/h1-6,8,19H,9H2,(H,20,21)/b10-8-. The van der Waals surface area contributed by atoms with Crippen LogP contribution in [0.15, 0.2) is 52.8 Å². The van der Waals surface area contributed by atoms with Crippen LogP contribution in [0, 0.1) is 17.1 Å². The van der Waals surface area contributed by atoms with Crippen molar-refractivity contribution in [1.29, 1.82) is 5.26 Å². The molecule has 0 spiro atoms. The molecule has 2 N–H and O–H groups in total. The van der Waals surface area contributed by atoms with Gasteiger partial charge < -0.3 is 15.1 Å². The number of nitriles is 1. The Morgan fingerprint density at radius 1 is 1.45 bits per heavy atom. The number of hydrogen-bond acceptors (Lipinski definition) is 4. The van der Waals surface area contributed by atoms with E-state index in [2.05, 4.69) is 10.6 Å². The maximum atomic E-state index is 13.0. The Bertz CT molecular complexity index is 736. The second kappa shape index (κ2) is 7.29. The van der Waals surface area contributed by atoms with Gasteiger partial charge in [-0.1, -0.05) is 11.6 Å². The van der Waals surface area contributed by atoms with E-state index in [1.807, 2.05) is 0 Å². The number of carbonyl (C=O) groups excluding carboxylic acids is 1. The van der Waals surface area contributed by atoms with Gasteiger partial charge >= 0.3 is 0 Å². The van der Waals surface area contributed by atoms with Crippen LogP contribution in [0.5, 0.6) is 0 Å². The molecule has 2 rings (SSSR count). The van der Waals surface area contributed by atoms with Gasteiger partial charge in [0.2, 0.25) is 0 Å². The predicted molar refractivity (Wildman–Crippen MR) is 79.3 cm³/mol. The number of rotatable bonds is 5. The summed E-state index contributed by atoms with van der Waals surface area (Å²) in [7, 11) is 0. The molecular weight excluding hydrogens is 309 g/mol. The van der Waals surface area contributed by atoms with Crippen LogP contribution in [0.4, 0.5) is 10.1 Å². The van der Waals surface area contributed by atoms with Gasteiger partial charge in [-0.3, -0.25) is 4.79 Å². The third kappa shape index (κ3) is 4.11. The fourth-order valence-corrected chi connectivity index (χ4v) is 1.75. The lowest BCUT2D eigenvalue weighted by Gasteiger charge is -2.04. The predicted octanol–water partition coefficient (Wildman–Crippen LogP) is 3.21. The topological polar surface area (TPSA) is 78.1 Å². The molecule has 1 heterocycles. The molecule has 0 saturated carbocycles. The van der Waals surface area contributed by atoms with Crippen molar-refractivity contribution >= 4 is 23.2 Å². The Morgan fingerprint density at radius 2 is 2.27 bits per heavy atom. The third-order valence-corrected chi connectivity index (χ3v) is 2.96. The lowest BCUT2D eigenvalue weighted by Crippen LogP contribution is -2.24. The maximum Gasteiger partial charge on any atom is 0.263 e. The first-order valence-electron chi connectivity index (χ1n) is 6.22. The summed E-state index contributed by atoms with van der Waals surface area (Å²) >= 11 is 5.64. The molecule has 1 aromatic carbocycles. The van der Waals surface area contributed by atoms with Crippen LogP contribution in [-0.4, -0.2) is 5.91 Å². The zero-order valence-electron chi connectivity index (χ0n) is 11.3. The smallest absolute Gasteiger partial charge is 0.263 e. The maximum absolute atomic E-state index is 13.0. The Labute approximate surface area is 131 Å². The SMILES string of the molecule is N#C/C(=C/Nc1ccc(F)c(Cl)c1)C(=O)NCc1ccco1. The number of nitrogens with zero attached hydrogens (tertiary/aromatic N) is 1. The van der Waals surface area contributed by atoms with Gasteiger partial charge in [-0.25, -0.2) is 4.39 Å². The minimum Gasteiger partial charge on any atom is -0.467 e. The summed E-state index contributed by atoms with van der Waals surface area (Å²) in [5, 5.41) is 14.2. The largest absolute Gasteiger partial charge is 0.467 e. The first-order valence-corrected chi connectivity index (χ1v) is 6.60. The molecular formula is C15H11ClFN3O2. The summed E-state index contributed by atoms with van der Waals surface area (Å²) in [6.07, 6.45) is 2.71. The van der Waals surface area contributed by atoms with E-state index < -0.39 is 11.7 Å². The first kappa shape index (κ1) is 15.6.